The minimum atomic E-state index is -3.02. The highest BCUT2D eigenvalue weighted by atomic mass is 19.3. The van der Waals surface area contributed by atoms with Gasteiger partial charge in [-0.3, -0.25) is 19.7 Å². The molecule has 2 aromatic rings. The minimum Gasteiger partial charge on any atom is -0.460 e. The second kappa shape index (κ2) is 9.22. The van der Waals surface area contributed by atoms with Crippen molar-refractivity contribution in [2.75, 3.05) is 6.54 Å². The molecule has 2 rings (SSSR count). The summed E-state index contributed by atoms with van der Waals surface area (Å²) in [6.45, 7) is -3.58. The van der Waals surface area contributed by atoms with Crippen molar-refractivity contribution in [1.29, 1.82) is 0 Å². The molecule has 0 bridgehead atoms. The molecule has 0 aliphatic heterocycles. The van der Waals surface area contributed by atoms with E-state index in [1.165, 1.54) is 42.5 Å². The van der Waals surface area contributed by atoms with Crippen LogP contribution in [0.2, 0.25) is 0 Å². The molecule has 0 fully saturated rings. The van der Waals surface area contributed by atoms with Crippen LogP contribution in [0.1, 0.15) is 15.9 Å². The van der Waals surface area contributed by atoms with Crippen LogP contribution in [0, 0.1) is 10.1 Å². The van der Waals surface area contributed by atoms with E-state index in [9.17, 15) is 28.5 Å². The monoisotopic (exact) mass is 380 g/mol. The number of benzene rings is 2. The zero-order valence-corrected chi connectivity index (χ0v) is 13.8. The molecule has 0 saturated heterocycles. The number of alkyl halides is 2. The normalized spacial score (nSPS) is 10.3. The summed E-state index contributed by atoms with van der Waals surface area (Å²) < 4.78 is 33.5. The van der Waals surface area contributed by atoms with Crippen LogP contribution in [0.15, 0.2) is 48.5 Å². The van der Waals surface area contributed by atoms with Gasteiger partial charge in [0.15, 0.2) is 0 Å². The minimum absolute atomic E-state index is 0.0383. The molecule has 8 nitrogen and oxygen atoms in total. The smallest absolute Gasteiger partial charge is 0.387 e. The van der Waals surface area contributed by atoms with Crippen molar-refractivity contribution in [3.8, 4) is 5.75 Å². The van der Waals surface area contributed by atoms with Gasteiger partial charge in [-0.15, -0.1) is 0 Å². The highest BCUT2D eigenvalue weighted by molar-refractivity contribution is 5.96. The highest BCUT2D eigenvalue weighted by Gasteiger charge is 2.12. The van der Waals surface area contributed by atoms with Crippen LogP contribution < -0.4 is 10.1 Å². The molecule has 0 atom stereocenters. The number of halogens is 2. The maximum absolute atomic E-state index is 12.2. The third-order valence-corrected chi connectivity index (χ3v) is 3.26. The van der Waals surface area contributed by atoms with Crippen molar-refractivity contribution in [2.45, 2.75) is 13.2 Å². The number of nitro groups is 1. The lowest BCUT2D eigenvalue weighted by Gasteiger charge is -2.08. The molecule has 0 saturated carbocycles. The molecule has 0 spiro atoms. The number of hydrogen-bond acceptors (Lipinski definition) is 6. The van der Waals surface area contributed by atoms with Crippen LogP contribution in [-0.4, -0.2) is 30.0 Å². The summed E-state index contributed by atoms with van der Waals surface area (Å²) in [5.41, 5.74) is 0.490. The van der Waals surface area contributed by atoms with Gasteiger partial charge in [-0.2, -0.15) is 8.78 Å². The third-order valence-electron chi connectivity index (χ3n) is 3.26. The van der Waals surface area contributed by atoms with Gasteiger partial charge in [-0.25, -0.2) is 0 Å². The van der Waals surface area contributed by atoms with E-state index in [4.69, 9.17) is 4.74 Å². The maximum Gasteiger partial charge on any atom is 0.387 e. The predicted octanol–water partition coefficient (Wildman–Crippen LogP) is 2.67. The van der Waals surface area contributed by atoms with E-state index >= 15 is 0 Å². The number of carbonyl (C=O) groups excluding carboxylic acids is 2. The fraction of sp³-hybridized carbons (Fsp3) is 0.176. The fourth-order valence-corrected chi connectivity index (χ4v) is 2.00. The molecule has 0 heterocycles. The zero-order chi connectivity index (χ0) is 19.8. The topological polar surface area (TPSA) is 108 Å². The van der Waals surface area contributed by atoms with E-state index in [1.54, 1.807) is 0 Å². The van der Waals surface area contributed by atoms with Gasteiger partial charge in [-0.1, -0.05) is 6.07 Å². The first-order valence-electron chi connectivity index (χ1n) is 7.57. The van der Waals surface area contributed by atoms with E-state index in [2.05, 4.69) is 10.1 Å². The third kappa shape index (κ3) is 6.34. The summed E-state index contributed by atoms with van der Waals surface area (Å²) in [5, 5.41) is 12.8. The molecule has 0 aliphatic rings. The second-order valence-electron chi connectivity index (χ2n) is 5.17. The summed E-state index contributed by atoms with van der Waals surface area (Å²) in [4.78, 5) is 33.6. The summed E-state index contributed by atoms with van der Waals surface area (Å²) in [7, 11) is 0. The number of carbonyl (C=O) groups is 2. The second-order valence-corrected chi connectivity index (χ2v) is 5.17. The van der Waals surface area contributed by atoms with E-state index in [-0.39, 0.29) is 23.6 Å². The Hall–Kier alpha value is -3.56. The van der Waals surface area contributed by atoms with Crippen LogP contribution in [-0.2, 0) is 16.1 Å². The Morgan fingerprint density at radius 2 is 1.85 bits per heavy atom. The van der Waals surface area contributed by atoms with Gasteiger partial charge in [0.1, 0.15) is 18.9 Å². The summed E-state index contributed by atoms with van der Waals surface area (Å²) in [5.74, 6) is -1.58. The lowest BCUT2D eigenvalue weighted by molar-refractivity contribution is -0.384. The van der Waals surface area contributed by atoms with Crippen molar-refractivity contribution >= 4 is 17.6 Å². The van der Waals surface area contributed by atoms with E-state index < -0.39 is 30.0 Å². The Labute approximate surface area is 151 Å². The van der Waals surface area contributed by atoms with Crippen molar-refractivity contribution in [1.82, 2.24) is 5.32 Å². The number of ether oxygens (including phenoxy) is 2. The van der Waals surface area contributed by atoms with Gasteiger partial charge < -0.3 is 14.8 Å². The van der Waals surface area contributed by atoms with Gasteiger partial charge in [0, 0.05) is 17.7 Å². The Kier molecular flexibility index (Phi) is 6.75. The quantitative estimate of drug-likeness (QED) is 0.429. The Morgan fingerprint density at radius 1 is 1.15 bits per heavy atom. The van der Waals surface area contributed by atoms with Crippen LogP contribution >= 0.6 is 0 Å². The molecular weight excluding hydrogens is 366 g/mol. The van der Waals surface area contributed by atoms with Crippen LogP contribution in [0.25, 0.3) is 0 Å². The van der Waals surface area contributed by atoms with Crippen LogP contribution in [0.5, 0.6) is 5.75 Å². The molecule has 1 amide bonds. The molecule has 142 valence electrons. The van der Waals surface area contributed by atoms with E-state index in [0.29, 0.717) is 5.56 Å². The number of non-ortho nitro benzene ring substituents is 1. The first-order chi connectivity index (χ1) is 12.8. The number of nitro benzene ring substituents is 1. The number of nitrogens with one attached hydrogen (secondary N) is 1. The largest absolute Gasteiger partial charge is 0.460 e. The average molecular weight is 380 g/mol. The van der Waals surface area contributed by atoms with Crippen molar-refractivity contribution in [2.24, 2.45) is 0 Å². The summed E-state index contributed by atoms with van der Waals surface area (Å²) in [6.07, 6.45) is 0. The first-order valence-corrected chi connectivity index (χ1v) is 7.57. The molecule has 0 unspecified atom stereocenters. The standard InChI is InChI=1S/C17H14F2N2O6/c18-17(19)27-14-3-1-2-12(8-14)16(23)20-9-15(22)26-10-11-4-6-13(7-5-11)21(24)25/h1-8,17H,9-10H2,(H,20,23). The van der Waals surface area contributed by atoms with Gasteiger partial charge in [-0.05, 0) is 35.9 Å². The van der Waals surface area contributed by atoms with Gasteiger partial charge in [0.25, 0.3) is 11.6 Å². The number of amides is 1. The Bertz CT molecular complexity index is 826. The average Bonchev–Trinajstić information content (AvgIpc) is 2.64. The Balaban J connectivity index is 1.81. The lowest BCUT2D eigenvalue weighted by Crippen LogP contribution is -2.30. The van der Waals surface area contributed by atoms with E-state index in [0.717, 1.165) is 6.07 Å². The van der Waals surface area contributed by atoms with Gasteiger partial charge in [0.05, 0.1) is 4.92 Å². The number of rotatable bonds is 8. The van der Waals surface area contributed by atoms with Gasteiger partial charge >= 0.3 is 12.6 Å². The summed E-state index contributed by atoms with van der Waals surface area (Å²) in [6, 6.07) is 10.6. The SMILES string of the molecule is O=C(CNC(=O)c1cccc(OC(F)F)c1)OCc1ccc([N+](=O)[O-])cc1. The van der Waals surface area contributed by atoms with Crippen LogP contribution in [0.4, 0.5) is 14.5 Å². The fourth-order valence-electron chi connectivity index (χ4n) is 2.00. The molecule has 0 aromatic heterocycles. The number of nitrogens with zero attached hydrogens (tertiary/aromatic N) is 1. The lowest BCUT2D eigenvalue weighted by atomic mass is 10.2. The zero-order valence-electron chi connectivity index (χ0n) is 13.8. The molecule has 2 aromatic carbocycles. The summed E-state index contributed by atoms with van der Waals surface area (Å²) >= 11 is 0. The number of hydrogen-bond donors (Lipinski definition) is 1. The van der Waals surface area contributed by atoms with Gasteiger partial charge in [0.2, 0.25) is 0 Å². The first kappa shape index (κ1) is 19.8. The molecule has 0 aliphatic carbocycles. The highest BCUT2D eigenvalue weighted by Crippen LogP contribution is 2.16. The molecule has 1 N–H and O–H groups in total. The maximum atomic E-state index is 12.2. The Morgan fingerprint density at radius 3 is 2.48 bits per heavy atom. The molecule has 10 heteroatoms. The van der Waals surface area contributed by atoms with Crippen molar-refractivity contribution < 1.29 is 32.8 Å². The number of esters is 1. The predicted molar refractivity (Wildman–Crippen MR) is 88.3 cm³/mol. The van der Waals surface area contributed by atoms with Crippen molar-refractivity contribution in [3.05, 3.63) is 69.8 Å². The van der Waals surface area contributed by atoms with Crippen LogP contribution in [0.3, 0.4) is 0 Å². The van der Waals surface area contributed by atoms with Crippen molar-refractivity contribution in [3.63, 3.8) is 0 Å². The molecule has 0 radical (unpaired) electrons. The molecule has 27 heavy (non-hydrogen) atoms. The molecular formula is C17H14F2N2O6. The van der Waals surface area contributed by atoms with E-state index in [1.807, 2.05) is 0 Å².